The molecule has 90 valence electrons. The third-order valence-corrected chi connectivity index (χ3v) is 3.50. The van der Waals surface area contributed by atoms with E-state index in [9.17, 15) is 4.39 Å². The second-order valence-corrected chi connectivity index (χ2v) is 4.58. The molecule has 0 saturated heterocycles. The van der Waals surface area contributed by atoms with Crippen LogP contribution >= 0.6 is 15.9 Å². The van der Waals surface area contributed by atoms with Gasteiger partial charge in [-0.1, -0.05) is 34.1 Å². The maximum Gasteiger partial charge on any atom is 0.123 e. The number of fused-ring (bicyclic) bond motifs is 1. The van der Waals surface area contributed by atoms with Crippen molar-refractivity contribution in [3.05, 3.63) is 60.0 Å². The molecule has 0 bridgehead atoms. The Balaban J connectivity index is 2.26. The zero-order valence-corrected chi connectivity index (χ0v) is 11.1. The molecule has 0 N–H and O–H groups in total. The van der Waals surface area contributed by atoms with Gasteiger partial charge in [0.05, 0.1) is 17.4 Å². The summed E-state index contributed by atoms with van der Waals surface area (Å²) in [5, 5.41) is 6.04. The van der Waals surface area contributed by atoms with Gasteiger partial charge in [0.2, 0.25) is 0 Å². The highest BCUT2D eigenvalue weighted by atomic mass is 79.9. The van der Waals surface area contributed by atoms with E-state index in [1.165, 1.54) is 12.1 Å². The molecule has 0 unspecified atom stereocenters. The van der Waals surface area contributed by atoms with Gasteiger partial charge in [0.1, 0.15) is 5.82 Å². The fourth-order valence-electron chi connectivity index (χ4n) is 2.03. The second kappa shape index (κ2) is 4.53. The molecule has 2 nitrogen and oxygen atoms in total. The Hall–Kier alpha value is -1.68. The van der Waals surface area contributed by atoms with Crippen molar-refractivity contribution in [3.63, 3.8) is 0 Å². The fraction of sp³-hybridized carbons (Fsp3) is 0.0714. The topological polar surface area (TPSA) is 17.8 Å². The number of aromatic nitrogens is 2. The number of alkyl halides is 1. The van der Waals surface area contributed by atoms with Crippen LogP contribution in [0.1, 0.15) is 5.56 Å². The maximum atomic E-state index is 13.2. The van der Waals surface area contributed by atoms with Crippen LogP contribution in [0.15, 0.2) is 48.7 Å². The number of halogens is 2. The lowest BCUT2D eigenvalue weighted by Gasteiger charge is -2.08. The van der Waals surface area contributed by atoms with Crippen molar-refractivity contribution in [3.8, 4) is 5.69 Å². The maximum absolute atomic E-state index is 13.2. The number of hydrogen-bond acceptors (Lipinski definition) is 1. The molecule has 3 aromatic rings. The molecule has 0 spiro atoms. The minimum Gasteiger partial charge on any atom is -0.233 e. The first-order valence-electron chi connectivity index (χ1n) is 5.57. The highest BCUT2D eigenvalue weighted by Crippen LogP contribution is 2.23. The molecule has 0 radical (unpaired) electrons. The molecule has 0 aliphatic heterocycles. The predicted molar refractivity (Wildman–Crippen MR) is 73.7 cm³/mol. The second-order valence-electron chi connectivity index (χ2n) is 4.02. The van der Waals surface area contributed by atoms with E-state index in [0.29, 0.717) is 5.33 Å². The Morgan fingerprint density at radius 1 is 1.17 bits per heavy atom. The van der Waals surface area contributed by atoms with E-state index in [1.54, 1.807) is 6.07 Å². The number of para-hydroxylation sites is 1. The van der Waals surface area contributed by atoms with Gasteiger partial charge < -0.3 is 0 Å². The van der Waals surface area contributed by atoms with Gasteiger partial charge in [-0.2, -0.15) is 5.10 Å². The zero-order valence-electron chi connectivity index (χ0n) is 9.48. The van der Waals surface area contributed by atoms with Crippen LogP contribution in [0.25, 0.3) is 16.6 Å². The summed E-state index contributed by atoms with van der Waals surface area (Å²) in [6.45, 7) is 0. The van der Waals surface area contributed by atoms with Crippen molar-refractivity contribution in [1.82, 2.24) is 9.78 Å². The number of nitrogens with zero attached hydrogens (tertiary/aromatic N) is 2. The minimum atomic E-state index is -0.232. The summed E-state index contributed by atoms with van der Waals surface area (Å²) in [4.78, 5) is 0. The summed E-state index contributed by atoms with van der Waals surface area (Å²) in [7, 11) is 0. The average molecular weight is 305 g/mol. The Kier molecular flexibility index (Phi) is 2.88. The van der Waals surface area contributed by atoms with Crippen LogP contribution in [-0.4, -0.2) is 9.78 Å². The molecule has 0 aliphatic carbocycles. The molecule has 0 aliphatic rings. The summed E-state index contributed by atoms with van der Waals surface area (Å²) < 4.78 is 15.1. The predicted octanol–water partition coefficient (Wildman–Crippen LogP) is 4.06. The van der Waals surface area contributed by atoms with Gasteiger partial charge in [-0.25, -0.2) is 9.07 Å². The van der Waals surface area contributed by atoms with E-state index in [0.717, 1.165) is 22.2 Å². The smallest absolute Gasteiger partial charge is 0.123 e. The SMILES string of the molecule is Fc1ccc(-n2ncc3ccccc32)c(CBr)c1. The van der Waals surface area contributed by atoms with Crippen LogP contribution in [-0.2, 0) is 5.33 Å². The van der Waals surface area contributed by atoms with E-state index in [-0.39, 0.29) is 5.82 Å². The number of benzene rings is 2. The molecular formula is C14H10BrFN2. The molecule has 0 atom stereocenters. The third kappa shape index (κ3) is 1.82. The van der Waals surface area contributed by atoms with Gasteiger partial charge >= 0.3 is 0 Å². The van der Waals surface area contributed by atoms with E-state index in [2.05, 4.69) is 21.0 Å². The zero-order chi connectivity index (χ0) is 12.5. The largest absolute Gasteiger partial charge is 0.233 e. The minimum absolute atomic E-state index is 0.232. The summed E-state index contributed by atoms with van der Waals surface area (Å²) in [5.74, 6) is -0.232. The van der Waals surface area contributed by atoms with Gasteiger partial charge in [-0.05, 0) is 29.8 Å². The van der Waals surface area contributed by atoms with Crippen LogP contribution < -0.4 is 0 Å². The van der Waals surface area contributed by atoms with E-state index in [1.807, 2.05) is 35.1 Å². The first-order valence-corrected chi connectivity index (χ1v) is 6.69. The monoisotopic (exact) mass is 304 g/mol. The van der Waals surface area contributed by atoms with E-state index in [4.69, 9.17) is 0 Å². The van der Waals surface area contributed by atoms with Gasteiger partial charge in [0.15, 0.2) is 0 Å². The number of rotatable bonds is 2. The summed E-state index contributed by atoms with van der Waals surface area (Å²) in [6.07, 6.45) is 1.82. The summed E-state index contributed by atoms with van der Waals surface area (Å²) >= 11 is 3.38. The molecule has 1 heterocycles. The van der Waals surface area contributed by atoms with Gasteiger partial charge in [-0.3, -0.25) is 0 Å². The van der Waals surface area contributed by atoms with Gasteiger partial charge in [0.25, 0.3) is 0 Å². The summed E-state index contributed by atoms with van der Waals surface area (Å²) in [5.41, 5.74) is 2.80. The molecule has 3 rings (SSSR count). The van der Waals surface area contributed by atoms with Crippen LogP contribution in [0.5, 0.6) is 0 Å². The fourth-order valence-corrected chi connectivity index (χ4v) is 2.48. The molecule has 0 fully saturated rings. The molecule has 1 aromatic heterocycles. The van der Waals surface area contributed by atoms with Crippen LogP contribution in [0.2, 0.25) is 0 Å². The van der Waals surface area contributed by atoms with E-state index >= 15 is 0 Å². The van der Waals surface area contributed by atoms with Crippen molar-refractivity contribution >= 4 is 26.8 Å². The standard InChI is InChI=1S/C14H10BrFN2/c15-8-11-7-12(16)5-6-14(11)18-13-4-2-1-3-10(13)9-17-18/h1-7,9H,8H2. The van der Waals surface area contributed by atoms with Gasteiger partial charge in [-0.15, -0.1) is 0 Å². The molecule has 18 heavy (non-hydrogen) atoms. The lowest BCUT2D eigenvalue weighted by molar-refractivity contribution is 0.625. The molecular weight excluding hydrogens is 295 g/mol. The summed E-state index contributed by atoms with van der Waals surface area (Å²) in [6, 6.07) is 12.7. The van der Waals surface area contributed by atoms with Crippen LogP contribution in [0.4, 0.5) is 4.39 Å². The van der Waals surface area contributed by atoms with Crippen molar-refractivity contribution in [2.75, 3.05) is 0 Å². The Morgan fingerprint density at radius 3 is 2.83 bits per heavy atom. The lowest BCUT2D eigenvalue weighted by Crippen LogP contribution is -2.00. The number of hydrogen-bond donors (Lipinski definition) is 0. The van der Waals surface area contributed by atoms with Crippen LogP contribution in [0.3, 0.4) is 0 Å². The van der Waals surface area contributed by atoms with E-state index < -0.39 is 0 Å². The first-order chi connectivity index (χ1) is 8.79. The molecule has 2 aromatic carbocycles. The Bertz CT molecular complexity index is 706. The Labute approximate surface area is 112 Å². The molecule has 4 heteroatoms. The van der Waals surface area contributed by atoms with Crippen molar-refractivity contribution in [2.24, 2.45) is 0 Å². The molecule has 0 amide bonds. The quantitative estimate of drug-likeness (QED) is 0.653. The van der Waals surface area contributed by atoms with Gasteiger partial charge in [0, 0.05) is 10.7 Å². The highest BCUT2D eigenvalue weighted by molar-refractivity contribution is 9.08. The lowest BCUT2D eigenvalue weighted by atomic mass is 10.2. The van der Waals surface area contributed by atoms with Crippen molar-refractivity contribution in [1.29, 1.82) is 0 Å². The van der Waals surface area contributed by atoms with Crippen LogP contribution in [0, 0.1) is 5.82 Å². The van der Waals surface area contributed by atoms with Crippen molar-refractivity contribution < 1.29 is 4.39 Å². The first kappa shape index (κ1) is 11.4. The average Bonchev–Trinajstić information content (AvgIpc) is 2.82. The highest BCUT2D eigenvalue weighted by Gasteiger charge is 2.09. The normalized spacial score (nSPS) is 11.0. The van der Waals surface area contributed by atoms with Crippen molar-refractivity contribution in [2.45, 2.75) is 5.33 Å². The third-order valence-electron chi connectivity index (χ3n) is 2.89. The molecule has 0 saturated carbocycles. The Morgan fingerprint density at radius 2 is 2.00 bits per heavy atom.